The molecule has 1 heterocycles. The van der Waals surface area contributed by atoms with Crippen molar-refractivity contribution in [3.05, 3.63) is 0 Å². The Morgan fingerprint density at radius 2 is 1.14 bits per heavy atom. The highest BCUT2D eigenvalue weighted by Crippen LogP contribution is 2.51. The monoisotopic (exact) mass is 290 g/mol. The zero-order valence-corrected chi connectivity index (χ0v) is 14.1. The summed E-state index contributed by atoms with van der Waals surface area (Å²) >= 11 is 0. The van der Waals surface area contributed by atoms with Crippen molar-refractivity contribution in [3.8, 4) is 0 Å². The van der Waals surface area contributed by atoms with E-state index in [4.69, 9.17) is 4.74 Å². The molecule has 1 aliphatic heterocycles. The molecule has 0 radical (unpaired) electrons. The normalized spacial score (nSPS) is 54.0. The second-order valence-electron chi connectivity index (χ2n) is 8.98. The molecule has 4 fully saturated rings. The molecule has 4 rings (SSSR count). The van der Waals surface area contributed by atoms with E-state index >= 15 is 0 Å². The largest absolute Gasteiger partial charge is 0.369 e. The van der Waals surface area contributed by atoms with Crippen LogP contribution in [0.15, 0.2) is 0 Å². The highest BCUT2D eigenvalue weighted by molar-refractivity contribution is 5.00. The van der Waals surface area contributed by atoms with Crippen LogP contribution in [-0.4, -0.2) is 12.2 Å². The van der Waals surface area contributed by atoms with Crippen LogP contribution in [0, 0.1) is 35.5 Å². The summed E-state index contributed by atoms with van der Waals surface area (Å²) in [5.41, 5.74) is 0. The summed E-state index contributed by atoms with van der Waals surface area (Å²) in [7, 11) is 0. The molecular weight excluding hydrogens is 256 g/mol. The molecular formula is C20H34O. The van der Waals surface area contributed by atoms with Gasteiger partial charge in [0, 0.05) is 0 Å². The van der Waals surface area contributed by atoms with Gasteiger partial charge >= 0.3 is 0 Å². The van der Waals surface area contributed by atoms with Crippen LogP contribution in [0.5, 0.6) is 0 Å². The third-order valence-corrected chi connectivity index (χ3v) is 7.65. The Morgan fingerprint density at radius 1 is 0.571 bits per heavy atom. The van der Waals surface area contributed by atoms with Gasteiger partial charge in [0.15, 0.2) is 0 Å². The first kappa shape index (κ1) is 14.5. The fraction of sp³-hybridized carbons (Fsp3) is 1.00. The Morgan fingerprint density at radius 3 is 1.81 bits per heavy atom. The van der Waals surface area contributed by atoms with Gasteiger partial charge in [-0.1, -0.05) is 26.7 Å². The number of hydrogen-bond acceptors (Lipinski definition) is 1. The summed E-state index contributed by atoms with van der Waals surface area (Å²) in [5.74, 6) is 5.94. The molecule has 0 bridgehead atoms. The van der Waals surface area contributed by atoms with Gasteiger partial charge in [-0.2, -0.15) is 0 Å². The van der Waals surface area contributed by atoms with Crippen molar-refractivity contribution in [2.45, 2.75) is 90.3 Å². The number of rotatable bonds is 2. The van der Waals surface area contributed by atoms with E-state index in [0.29, 0.717) is 12.2 Å². The standard InChI is InChI=1S/C20H34O/c1-13-3-6-15(7-4-13)16-8-10-17(11-9-16)18-12-5-14(2)19-20(18)21-19/h13-20H,3-12H2,1-2H3. The third-order valence-electron chi connectivity index (χ3n) is 7.65. The van der Waals surface area contributed by atoms with Crippen molar-refractivity contribution >= 4 is 0 Å². The van der Waals surface area contributed by atoms with Crippen molar-refractivity contribution in [1.82, 2.24) is 0 Å². The van der Waals surface area contributed by atoms with E-state index in [-0.39, 0.29) is 0 Å². The first-order valence-corrected chi connectivity index (χ1v) is 9.88. The summed E-state index contributed by atoms with van der Waals surface area (Å²) in [4.78, 5) is 0. The summed E-state index contributed by atoms with van der Waals surface area (Å²) in [6.45, 7) is 4.84. The quantitative estimate of drug-likeness (QED) is 0.617. The van der Waals surface area contributed by atoms with Crippen LogP contribution in [0.4, 0.5) is 0 Å². The van der Waals surface area contributed by atoms with Crippen LogP contribution in [0.1, 0.15) is 78.1 Å². The van der Waals surface area contributed by atoms with Gasteiger partial charge in [-0.25, -0.2) is 0 Å². The maximum absolute atomic E-state index is 6.01. The minimum Gasteiger partial charge on any atom is -0.369 e. The second kappa shape index (κ2) is 5.87. The number of epoxide rings is 1. The lowest BCUT2D eigenvalue weighted by atomic mass is 9.65. The van der Waals surface area contributed by atoms with Gasteiger partial charge in [-0.05, 0) is 86.9 Å². The van der Waals surface area contributed by atoms with Gasteiger partial charge in [0.05, 0.1) is 12.2 Å². The van der Waals surface area contributed by atoms with Crippen LogP contribution in [0.2, 0.25) is 0 Å². The van der Waals surface area contributed by atoms with Gasteiger partial charge in [0.2, 0.25) is 0 Å². The maximum Gasteiger partial charge on any atom is 0.0875 e. The third kappa shape index (κ3) is 2.92. The molecule has 1 heteroatoms. The topological polar surface area (TPSA) is 12.5 Å². The zero-order valence-electron chi connectivity index (χ0n) is 14.1. The molecule has 0 N–H and O–H groups in total. The second-order valence-corrected chi connectivity index (χ2v) is 8.98. The fourth-order valence-corrected chi connectivity index (χ4v) is 6.03. The van der Waals surface area contributed by atoms with Crippen LogP contribution >= 0.6 is 0 Å². The average Bonchev–Trinajstić information content (AvgIpc) is 3.30. The Labute approximate surface area is 131 Å². The van der Waals surface area contributed by atoms with Gasteiger partial charge in [-0.15, -0.1) is 0 Å². The van der Waals surface area contributed by atoms with Crippen LogP contribution in [0.3, 0.4) is 0 Å². The van der Waals surface area contributed by atoms with Crippen LogP contribution < -0.4 is 0 Å². The lowest BCUT2D eigenvalue weighted by Gasteiger charge is -2.40. The molecule has 0 aromatic rings. The maximum atomic E-state index is 6.01. The molecule has 1 nitrogen and oxygen atoms in total. The van der Waals surface area contributed by atoms with Crippen molar-refractivity contribution in [2.75, 3.05) is 0 Å². The highest BCUT2D eigenvalue weighted by Gasteiger charge is 2.53. The first-order valence-electron chi connectivity index (χ1n) is 9.88. The van der Waals surface area contributed by atoms with E-state index in [1.807, 2.05) is 0 Å². The van der Waals surface area contributed by atoms with Crippen molar-refractivity contribution < 1.29 is 4.74 Å². The molecule has 3 saturated carbocycles. The van der Waals surface area contributed by atoms with Crippen molar-refractivity contribution in [1.29, 1.82) is 0 Å². The van der Waals surface area contributed by atoms with Gasteiger partial charge in [0.1, 0.15) is 0 Å². The Hall–Kier alpha value is -0.0400. The van der Waals surface area contributed by atoms with Gasteiger partial charge < -0.3 is 4.74 Å². The number of fused-ring (bicyclic) bond motifs is 1. The van der Waals surface area contributed by atoms with Crippen LogP contribution in [0.25, 0.3) is 0 Å². The minimum atomic E-state index is 0.654. The molecule has 0 spiro atoms. The summed E-state index contributed by atoms with van der Waals surface area (Å²) in [6, 6.07) is 0. The zero-order chi connectivity index (χ0) is 14.4. The molecule has 0 amide bonds. The predicted octanol–water partition coefficient (Wildman–Crippen LogP) is 5.43. The Bertz CT molecular complexity index is 349. The van der Waals surface area contributed by atoms with E-state index in [1.54, 1.807) is 0 Å². The van der Waals surface area contributed by atoms with Crippen molar-refractivity contribution in [3.63, 3.8) is 0 Å². The molecule has 0 aromatic carbocycles. The molecule has 4 aliphatic rings. The fourth-order valence-electron chi connectivity index (χ4n) is 6.03. The van der Waals surface area contributed by atoms with E-state index in [2.05, 4.69) is 13.8 Å². The molecule has 1 saturated heterocycles. The Kier molecular flexibility index (Phi) is 4.07. The first-order chi connectivity index (χ1) is 10.2. The smallest absolute Gasteiger partial charge is 0.0875 e. The summed E-state index contributed by atoms with van der Waals surface area (Å²) in [6.07, 6.45) is 16.4. The van der Waals surface area contributed by atoms with E-state index in [9.17, 15) is 0 Å². The predicted molar refractivity (Wildman–Crippen MR) is 87.1 cm³/mol. The summed E-state index contributed by atoms with van der Waals surface area (Å²) in [5, 5.41) is 0. The number of ether oxygens (including phenoxy) is 1. The highest BCUT2D eigenvalue weighted by atomic mass is 16.6. The van der Waals surface area contributed by atoms with Gasteiger partial charge in [0.25, 0.3) is 0 Å². The molecule has 4 unspecified atom stereocenters. The van der Waals surface area contributed by atoms with Crippen LogP contribution in [-0.2, 0) is 4.74 Å². The van der Waals surface area contributed by atoms with Crippen molar-refractivity contribution in [2.24, 2.45) is 35.5 Å². The molecule has 21 heavy (non-hydrogen) atoms. The Balaban J connectivity index is 1.27. The molecule has 3 aliphatic carbocycles. The lowest BCUT2D eigenvalue weighted by molar-refractivity contribution is 0.111. The van der Waals surface area contributed by atoms with E-state index < -0.39 is 0 Å². The molecule has 120 valence electrons. The number of hydrogen-bond donors (Lipinski definition) is 0. The SMILES string of the molecule is CC1CCC(C2CCC(C3CCC(C)C4OC34)CC2)CC1. The van der Waals surface area contributed by atoms with E-state index in [0.717, 1.165) is 35.5 Å². The average molecular weight is 290 g/mol. The molecule has 0 aromatic heterocycles. The minimum absolute atomic E-state index is 0.654. The summed E-state index contributed by atoms with van der Waals surface area (Å²) < 4.78 is 6.01. The lowest BCUT2D eigenvalue weighted by Crippen LogP contribution is -2.32. The van der Waals surface area contributed by atoms with E-state index in [1.165, 1.54) is 64.2 Å². The molecule has 4 atom stereocenters. The van der Waals surface area contributed by atoms with Gasteiger partial charge in [-0.3, -0.25) is 0 Å².